The number of carbonyl (C=O) groups excluding carboxylic acids is 2. The number of para-hydroxylation sites is 5. The molecular weight excluding hydrogens is 1760 g/mol. The molecule has 7 aliphatic carbocycles. The van der Waals surface area contributed by atoms with Crippen molar-refractivity contribution >= 4 is 110 Å². The molecule has 13 heterocycles. The second-order valence-electron chi connectivity index (χ2n) is 37.4. The molecule has 7 N–H and O–H groups in total. The summed E-state index contributed by atoms with van der Waals surface area (Å²) >= 11 is 11.0. The molecule has 692 valence electrons. The SMILES string of the molecule is CC(C)(C)OC(=O)N1CC2C(C#N)C2C1.Cl.ClCc1nc(C2C3CN(c4ccccc4)CC32)no1.Cn1cnc2nc[nH]c(=O)c21.Cn1cnc2ncn(Cc3nc(C4[C@H]5CN(c6ccccc6)C[C@@H]45)no3)c(=O)c21.N#CC1C2CN(c3ccccc3)CC12.N#CC1C2CNCC12.N/C(=N\O)C1C2CN(c3ccccc3)CC21.N/C(=N\OC(=O)CCl)C1C2CN(c3ccccc3)CC21. The number of piperidine rings is 7. The maximum absolute atomic E-state index is 12.7. The van der Waals surface area contributed by atoms with Crippen LogP contribution in [0.15, 0.2) is 206 Å². The van der Waals surface area contributed by atoms with Crippen molar-refractivity contribution < 1.29 is 33.4 Å². The van der Waals surface area contributed by atoms with Gasteiger partial charge in [-0.05, 0) is 177 Å². The van der Waals surface area contributed by atoms with E-state index in [9.17, 15) is 19.2 Å². The summed E-state index contributed by atoms with van der Waals surface area (Å²) in [6.45, 7) is 19.7. The maximum Gasteiger partial charge on any atom is 0.410 e. The maximum atomic E-state index is 12.7. The normalized spacial score (nSPS) is 28.4. The molecule has 15 atom stereocenters. The Morgan fingerprint density at radius 3 is 1.26 bits per heavy atom. The number of hydrogen-bond donors (Lipinski definition) is 5. The molecule has 0 radical (unpaired) electrons. The largest absolute Gasteiger partial charge is 0.444 e. The number of likely N-dealkylation sites (tertiary alicyclic amines) is 1. The molecule has 14 fully saturated rings. The number of carbonyl (C=O) groups is 2. The summed E-state index contributed by atoms with van der Waals surface area (Å²) in [5.74, 6) is 13.4. The van der Waals surface area contributed by atoms with Gasteiger partial charge in [0.05, 0.1) is 54.9 Å². The summed E-state index contributed by atoms with van der Waals surface area (Å²) in [6.07, 6.45) is 5.72. The number of benzene rings is 5. The number of nitriles is 3. The van der Waals surface area contributed by atoms with E-state index in [1.807, 2.05) is 57.2 Å². The summed E-state index contributed by atoms with van der Waals surface area (Å²) in [6, 6.07) is 59.2. The molecule has 7 saturated heterocycles. The van der Waals surface area contributed by atoms with Gasteiger partial charge in [0, 0.05) is 145 Å². The lowest BCUT2D eigenvalue weighted by atomic mass is 10.2. The monoisotopic (exact) mass is 1860 g/mol. The second kappa shape index (κ2) is 39.3. The van der Waals surface area contributed by atoms with Gasteiger partial charge in [-0.3, -0.25) is 14.2 Å². The van der Waals surface area contributed by atoms with Gasteiger partial charge in [-0.25, -0.2) is 29.5 Å². The van der Waals surface area contributed by atoms with Crippen LogP contribution >= 0.6 is 35.6 Å². The number of halogens is 3. The van der Waals surface area contributed by atoms with E-state index < -0.39 is 11.6 Å². The number of fused-ring (bicyclic) bond motifs is 9. The van der Waals surface area contributed by atoms with Crippen molar-refractivity contribution in [3.8, 4) is 18.2 Å². The van der Waals surface area contributed by atoms with E-state index >= 15 is 0 Å². The highest BCUT2D eigenvalue weighted by Gasteiger charge is 2.63. The fourth-order valence-electron chi connectivity index (χ4n) is 21.0. The fourth-order valence-corrected chi connectivity index (χ4v) is 21.2. The predicted molar refractivity (Wildman–Crippen MR) is 501 cm³/mol. The number of nitrogens with two attached hydrogens (primary N) is 2. The molecule has 133 heavy (non-hydrogen) atoms. The molecular formula is C95H107Cl3N26O9. The lowest BCUT2D eigenvalue weighted by Gasteiger charge is -2.25. The zero-order chi connectivity index (χ0) is 91.8. The molecule has 0 bridgehead atoms. The molecule has 0 spiro atoms. The Hall–Kier alpha value is -13.1. The minimum Gasteiger partial charge on any atom is -0.444 e. The van der Waals surface area contributed by atoms with Crippen LogP contribution < -0.4 is 52.4 Å². The summed E-state index contributed by atoms with van der Waals surface area (Å²) < 4.78 is 20.6. The number of anilines is 5. The smallest absolute Gasteiger partial charge is 0.410 e. The quantitative estimate of drug-likeness (QED) is 0.0169. The number of rotatable bonds is 14. The molecule has 1 amide bonds. The Bertz CT molecular complexity index is 6160. The molecule has 38 heteroatoms. The number of aromatic nitrogens is 12. The number of H-pyrrole nitrogens is 1. The van der Waals surface area contributed by atoms with Gasteiger partial charge < -0.3 is 84.1 Å². The number of aromatic amines is 1. The van der Waals surface area contributed by atoms with Gasteiger partial charge in [-0.2, -0.15) is 25.8 Å². The van der Waals surface area contributed by atoms with Crippen LogP contribution in [0.25, 0.3) is 22.3 Å². The molecule has 13 unspecified atom stereocenters. The summed E-state index contributed by atoms with van der Waals surface area (Å²) in [7, 11) is 3.53. The highest BCUT2D eigenvalue weighted by Crippen LogP contribution is 2.60. The van der Waals surface area contributed by atoms with E-state index in [2.05, 4.69) is 224 Å². The molecule has 6 aromatic heterocycles. The van der Waals surface area contributed by atoms with Gasteiger partial charge in [-0.1, -0.05) is 112 Å². The van der Waals surface area contributed by atoms with Gasteiger partial charge in [0.1, 0.15) is 41.9 Å². The Labute approximate surface area is 784 Å². The van der Waals surface area contributed by atoms with Crippen molar-refractivity contribution in [3.63, 3.8) is 0 Å². The Morgan fingerprint density at radius 2 is 0.880 bits per heavy atom. The highest BCUT2D eigenvalue weighted by atomic mass is 35.5. The Kier molecular flexibility index (Phi) is 27.1. The summed E-state index contributed by atoms with van der Waals surface area (Å²) in [4.78, 5) is 92.1. The van der Waals surface area contributed by atoms with E-state index in [-0.39, 0.29) is 53.9 Å². The average molecular weight is 1860 g/mol. The predicted octanol–water partition coefficient (Wildman–Crippen LogP) is 10.2. The van der Waals surface area contributed by atoms with Gasteiger partial charge in [0.25, 0.3) is 11.1 Å². The van der Waals surface area contributed by atoms with E-state index in [1.165, 1.54) is 45.7 Å². The highest BCUT2D eigenvalue weighted by molar-refractivity contribution is 6.26. The van der Waals surface area contributed by atoms with Crippen LogP contribution in [0.5, 0.6) is 0 Å². The van der Waals surface area contributed by atoms with Crippen molar-refractivity contribution in [2.24, 2.45) is 148 Å². The van der Waals surface area contributed by atoms with E-state index in [1.54, 1.807) is 40.8 Å². The number of alkyl halides is 2. The van der Waals surface area contributed by atoms with Crippen LogP contribution in [0.3, 0.4) is 0 Å². The van der Waals surface area contributed by atoms with E-state index in [0.717, 1.165) is 102 Å². The fraction of sp³-hybridized carbons (Fsp3) is 0.463. The number of oxime groups is 2. The number of nitrogens with zero attached hydrogens (tertiary/aromatic N) is 22. The summed E-state index contributed by atoms with van der Waals surface area (Å²) in [5, 5.41) is 52.9. The lowest BCUT2D eigenvalue weighted by Crippen LogP contribution is -2.36. The van der Waals surface area contributed by atoms with E-state index in [4.69, 9.17) is 69.4 Å². The number of amides is 1. The number of ether oxygens (including phenoxy) is 1. The molecule has 5 aromatic carbocycles. The first-order valence-electron chi connectivity index (χ1n) is 45.0. The third kappa shape index (κ3) is 20.1. The number of imidazole rings is 2. The van der Waals surface area contributed by atoms with Crippen LogP contribution in [0.4, 0.5) is 33.2 Å². The van der Waals surface area contributed by atoms with Crippen LogP contribution in [-0.2, 0) is 40.9 Å². The Morgan fingerprint density at radius 1 is 0.511 bits per heavy atom. The number of nitrogens with one attached hydrogen (secondary N) is 2. The zero-order valence-electron chi connectivity index (χ0n) is 74.3. The number of amidine groups is 2. The summed E-state index contributed by atoms with van der Waals surface area (Å²) in [5.41, 5.74) is 19.0. The van der Waals surface area contributed by atoms with Crippen LogP contribution in [0.1, 0.15) is 56.0 Å². The first-order chi connectivity index (χ1) is 64.1. The molecule has 7 aliphatic heterocycles. The molecule has 25 rings (SSSR count). The zero-order valence-corrected chi connectivity index (χ0v) is 76.6. The van der Waals surface area contributed by atoms with Gasteiger partial charge in [0.2, 0.25) is 11.8 Å². The molecule has 11 aromatic rings. The van der Waals surface area contributed by atoms with Crippen molar-refractivity contribution in [2.75, 3.05) is 122 Å². The van der Waals surface area contributed by atoms with Gasteiger partial charge in [0.15, 0.2) is 34.0 Å². The number of aryl methyl sites for hydroxylation is 2. The number of hydrogen-bond acceptors (Lipinski definition) is 28. The minimum absolute atomic E-state index is 0. The lowest BCUT2D eigenvalue weighted by molar-refractivity contribution is -0.140. The first kappa shape index (κ1) is 91.7. The topological polar surface area (TPSA) is 447 Å². The van der Waals surface area contributed by atoms with Gasteiger partial charge in [-0.15, -0.1) is 35.6 Å². The van der Waals surface area contributed by atoms with Crippen molar-refractivity contribution in [3.05, 3.63) is 221 Å². The minimum atomic E-state index is -0.577. The van der Waals surface area contributed by atoms with Crippen LogP contribution in [0.2, 0.25) is 0 Å². The second-order valence-corrected chi connectivity index (χ2v) is 38.0. The molecule has 35 nitrogen and oxygen atoms in total. The van der Waals surface area contributed by atoms with Crippen LogP contribution in [0, 0.1) is 146 Å². The van der Waals surface area contributed by atoms with E-state index in [0.29, 0.717) is 165 Å². The van der Waals surface area contributed by atoms with Crippen LogP contribution in [-0.4, -0.2) is 196 Å². The first-order valence-corrected chi connectivity index (χ1v) is 46.0. The van der Waals surface area contributed by atoms with Crippen molar-refractivity contribution in [2.45, 2.75) is 50.6 Å². The molecule has 7 saturated carbocycles. The third-order valence-corrected chi connectivity index (χ3v) is 28.8. The Balaban J connectivity index is 0.000000108. The van der Waals surface area contributed by atoms with Crippen molar-refractivity contribution in [1.82, 2.24) is 69.1 Å². The van der Waals surface area contributed by atoms with Crippen molar-refractivity contribution in [1.29, 1.82) is 15.8 Å². The van der Waals surface area contributed by atoms with Gasteiger partial charge >= 0.3 is 12.1 Å². The molecule has 14 aliphatic rings. The third-order valence-electron chi connectivity index (χ3n) is 28.3. The average Bonchev–Trinajstić information content (AvgIpc) is 1.58. The standard InChI is InChI=1S/C20H19N7O2.C14H16ClN3O2.C14H14ClN3O.C12H15N3O.C12H12N2.C11H16N2O2.C6H6N4O.C6H8N2.ClH/c1-25-10-21-19-17(25)20(28)27(11-22-19)9-15-23-18(24-29-15)16-13-7-26(8-14(13)16)12-5-3-2-4-6-12;15-6-12(19)20-17-14(16)13-10-7-18(8-11(10)13)9-4-2-1-3-5-9;15-6-12-16-14(17-19-12)13-10-7-18(8-11(10)13)9-4-2-1-3-5-9;13-12(14-16)11-9-6-15(7-10(9)11)8-4-2-1-3-5-8;13-6-10-11-7-14(8-12(10)11)9-4-2-1-3-5-9;1-11(2,3)15-10(14)13-5-8-7(4-12)9(8)6-13;1-10-3-9-5-4(10)6(11)8-2-7-5;7-1-4-5-2-8-3-6(4)5;/h2-6,10-11,13-14,16H,7-9H2,1H3;1-5,10-11,13H,6-8H2,(H2,16,17);1-5,10-11,13H,6-8H2;1-5,9-11,16H,6-7H2,(H2,13,14);1-5,10-12H,7-8H2;7-9H,5-6H2,1-3H3;2-3H,1H3,(H,7,8,11);4-6,8H,2-3H2;1H/t13-,14+,16?;;;;;;;;.